The number of nitriles is 1. The molecule has 5 heteroatoms. The Hall–Kier alpha value is -0.755. The molecule has 0 radical (unpaired) electrons. The molecule has 0 amide bonds. The monoisotopic (exact) mass is 185 g/mol. The highest BCUT2D eigenvalue weighted by Crippen LogP contribution is 2.13. The molecule has 0 aliphatic carbocycles. The maximum absolute atomic E-state index is 8.68. The highest BCUT2D eigenvalue weighted by atomic mass is 35.5. The molecule has 0 heterocycles. The summed E-state index contributed by atoms with van der Waals surface area (Å²) >= 11 is 5.63. The predicted molar refractivity (Wildman–Crippen MR) is 48.1 cm³/mol. The lowest BCUT2D eigenvalue weighted by atomic mass is 9.80. The van der Waals surface area contributed by atoms with Crippen molar-refractivity contribution in [2.45, 2.75) is 13.8 Å². The van der Waals surface area contributed by atoms with E-state index >= 15 is 0 Å². The molecule has 0 aromatic carbocycles. The fraction of sp³-hybridized carbons (Fsp3) is 0.286. The third-order valence-corrected chi connectivity index (χ3v) is 1.69. The minimum absolute atomic E-state index is 0.184. The van der Waals surface area contributed by atoms with E-state index in [9.17, 15) is 0 Å². The van der Waals surface area contributed by atoms with Crippen LogP contribution in [0.4, 0.5) is 0 Å². The quantitative estimate of drug-likeness (QED) is 0.383. The SMILES string of the molecule is C/C(C#N)=C\C(Cl)=C(/C)B(O)O. The molecule has 3 nitrogen and oxygen atoms in total. The van der Waals surface area contributed by atoms with Crippen molar-refractivity contribution in [1.29, 1.82) is 5.26 Å². The van der Waals surface area contributed by atoms with Crippen molar-refractivity contribution in [1.82, 2.24) is 0 Å². The lowest BCUT2D eigenvalue weighted by molar-refractivity contribution is 0.419. The van der Waals surface area contributed by atoms with Crippen molar-refractivity contribution in [2.24, 2.45) is 0 Å². The van der Waals surface area contributed by atoms with Crippen molar-refractivity contribution in [2.75, 3.05) is 0 Å². The van der Waals surface area contributed by atoms with E-state index in [2.05, 4.69) is 0 Å². The summed E-state index contributed by atoms with van der Waals surface area (Å²) < 4.78 is 0. The maximum atomic E-state index is 8.68. The summed E-state index contributed by atoms with van der Waals surface area (Å²) in [6.07, 6.45) is 1.39. The van der Waals surface area contributed by atoms with E-state index in [0.717, 1.165) is 0 Å². The van der Waals surface area contributed by atoms with Gasteiger partial charge >= 0.3 is 7.12 Å². The second-order valence-corrected chi connectivity index (χ2v) is 2.75. The zero-order valence-corrected chi connectivity index (χ0v) is 7.63. The van der Waals surface area contributed by atoms with Gasteiger partial charge in [-0.1, -0.05) is 11.6 Å². The lowest BCUT2D eigenvalue weighted by Crippen LogP contribution is -2.13. The average Bonchev–Trinajstić information content (AvgIpc) is 2.02. The molecule has 0 fully saturated rings. The Morgan fingerprint density at radius 3 is 2.33 bits per heavy atom. The van der Waals surface area contributed by atoms with Gasteiger partial charge in [0.25, 0.3) is 0 Å². The van der Waals surface area contributed by atoms with Gasteiger partial charge in [0.2, 0.25) is 0 Å². The van der Waals surface area contributed by atoms with Crippen LogP contribution >= 0.6 is 11.6 Å². The van der Waals surface area contributed by atoms with Crippen molar-refractivity contribution in [3.05, 3.63) is 22.2 Å². The molecule has 0 aromatic rings. The third kappa shape index (κ3) is 3.58. The molecular weight excluding hydrogens is 176 g/mol. The van der Waals surface area contributed by atoms with Crippen LogP contribution in [0.5, 0.6) is 0 Å². The van der Waals surface area contributed by atoms with Crippen LogP contribution in [0, 0.1) is 11.3 Å². The molecular formula is C7H9BClNO2. The standard InChI is InChI=1S/C7H9BClNO2/c1-5(4-10)3-7(9)6(2)8(11)12/h3,11-12H,1-2H3/b5-3+,7-6-. The van der Waals surface area contributed by atoms with Gasteiger partial charge in [-0.25, -0.2) is 0 Å². The molecule has 0 saturated heterocycles. The van der Waals surface area contributed by atoms with Crippen molar-refractivity contribution < 1.29 is 10.0 Å². The summed E-state index contributed by atoms with van der Waals surface area (Å²) in [6.45, 7) is 3.06. The maximum Gasteiger partial charge on any atom is 0.485 e. The highest BCUT2D eigenvalue weighted by Gasteiger charge is 2.12. The second kappa shape index (κ2) is 4.99. The summed E-state index contributed by atoms with van der Waals surface area (Å²) in [5.74, 6) is 0. The Morgan fingerprint density at radius 2 is 2.00 bits per heavy atom. The van der Waals surface area contributed by atoms with Crippen LogP contribution < -0.4 is 0 Å². The van der Waals surface area contributed by atoms with Crippen LogP contribution in [0.1, 0.15) is 13.8 Å². The minimum atomic E-state index is -1.57. The smallest absolute Gasteiger partial charge is 0.423 e. The van der Waals surface area contributed by atoms with Gasteiger partial charge in [-0.05, 0) is 25.4 Å². The fourth-order valence-corrected chi connectivity index (χ4v) is 0.721. The molecule has 0 aromatic heterocycles. The van der Waals surface area contributed by atoms with Gasteiger partial charge in [-0.2, -0.15) is 5.26 Å². The van der Waals surface area contributed by atoms with Crippen LogP contribution in [0.25, 0.3) is 0 Å². The molecule has 0 spiro atoms. The molecule has 0 aliphatic heterocycles. The lowest BCUT2D eigenvalue weighted by Gasteiger charge is -1.99. The summed E-state index contributed by atoms with van der Waals surface area (Å²) in [5.41, 5.74) is 0.645. The summed E-state index contributed by atoms with van der Waals surface area (Å²) in [5, 5.41) is 25.9. The first-order chi connectivity index (χ1) is 5.49. The number of hydrogen-bond acceptors (Lipinski definition) is 3. The van der Waals surface area contributed by atoms with Gasteiger partial charge < -0.3 is 10.0 Å². The van der Waals surface area contributed by atoms with E-state index in [0.29, 0.717) is 5.57 Å². The van der Waals surface area contributed by atoms with E-state index in [-0.39, 0.29) is 10.5 Å². The van der Waals surface area contributed by atoms with Gasteiger partial charge in [-0.3, -0.25) is 0 Å². The zero-order chi connectivity index (χ0) is 9.72. The normalized spacial score (nSPS) is 13.5. The van der Waals surface area contributed by atoms with E-state index in [4.69, 9.17) is 26.9 Å². The molecule has 0 unspecified atom stereocenters. The predicted octanol–water partition coefficient (Wildman–Crippen LogP) is 0.981. The molecule has 12 heavy (non-hydrogen) atoms. The number of nitrogens with zero attached hydrogens (tertiary/aromatic N) is 1. The Kier molecular flexibility index (Phi) is 4.68. The Bertz CT molecular complexity index is 265. The summed E-state index contributed by atoms with van der Waals surface area (Å²) in [7, 11) is -1.57. The molecule has 0 atom stereocenters. The summed E-state index contributed by atoms with van der Waals surface area (Å²) in [4.78, 5) is 0. The highest BCUT2D eigenvalue weighted by molar-refractivity contribution is 6.53. The van der Waals surface area contributed by atoms with Crippen molar-refractivity contribution in [3.63, 3.8) is 0 Å². The van der Waals surface area contributed by atoms with Crippen LogP contribution in [0.15, 0.2) is 22.2 Å². The first kappa shape index (κ1) is 11.2. The van der Waals surface area contributed by atoms with Gasteiger partial charge in [0.15, 0.2) is 0 Å². The Labute approximate surface area is 76.7 Å². The number of rotatable bonds is 2. The van der Waals surface area contributed by atoms with E-state index in [1.807, 2.05) is 6.07 Å². The topological polar surface area (TPSA) is 64.2 Å². The van der Waals surface area contributed by atoms with E-state index in [1.54, 1.807) is 6.92 Å². The fourth-order valence-electron chi connectivity index (χ4n) is 0.460. The number of allylic oxidation sites excluding steroid dienone is 4. The summed E-state index contributed by atoms with van der Waals surface area (Å²) in [6, 6.07) is 1.87. The minimum Gasteiger partial charge on any atom is -0.423 e. The first-order valence-electron chi connectivity index (χ1n) is 3.30. The van der Waals surface area contributed by atoms with E-state index < -0.39 is 7.12 Å². The van der Waals surface area contributed by atoms with Crippen LogP contribution in [-0.2, 0) is 0 Å². The van der Waals surface area contributed by atoms with E-state index in [1.165, 1.54) is 13.0 Å². The van der Waals surface area contributed by atoms with Gasteiger partial charge in [-0.15, -0.1) is 0 Å². The number of hydrogen-bond donors (Lipinski definition) is 2. The Balaban J connectivity index is 4.72. The van der Waals surface area contributed by atoms with Crippen molar-refractivity contribution in [3.8, 4) is 6.07 Å². The average molecular weight is 185 g/mol. The molecule has 0 rings (SSSR count). The van der Waals surface area contributed by atoms with Crippen LogP contribution in [0.2, 0.25) is 0 Å². The number of halogens is 1. The molecule has 0 aliphatic rings. The first-order valence-corrected chi connectivity index (χ1v) is 3.67. The third-order valence-electron chi connectivity index (χ3n) is 1.28. The second-order valence-electron chi connectivity index (χ2n) is 2.34. The molecule has 2 N–H and O–H groups in total. The van der Waals surface area contributed by atoms with Crippen LogP contribution in [-0.4, -0.2) is 17.2 Å². The zero-order valence-electron chi connectivity index (χ0n) is 6.87. The Morgan fingerprint density at radius 1 is 1.50 bits per heavy atom. The molecule has 0 bridgehead atoms. The molecule has 0 saturated carbocycles. The largest absolute Gasteiger partial charge is 0.485 e. The van der Waals surface area contributed by atoms with Crippen LogP contribution in [0.3, 0.4) is 0 Å². The van der Waals surface area contributed by atoms with Crippen molar-refractivity contribution >= 4 is 18.7 Å². The molecule has 64 valence electrons. The van der Waals surface area contributed by atoms with Gasteiger partial charge in [0.1, 0.15) is 0 Å². The van der Waals surface area contributed by atoms with Gasteiger partial charge in [0.05, 0.1) is 6.07 Å². The van der Waals surface area contributed by atoms with Gasteiger partial charge in [0, 0.05) is 10.6 Å².